The first-order chi connectivity index (χ1) is 13.6. The fraction of sp³-hybridized carbons (Fsp3) is 0.0800. The van der Waals surface area contributed by atoms with E-state index in [1.165, 1.54) is 6.07 Å². The standard InChI is InChI=1S/C25H17ClO2/c1-15-13-17-11-12-21(27)28-25(17)20(14-15)23-18-9-5-6-10-19(18)24(26)22(23)16-7-3-2-4-8-16/h2-14,23H,1H3. The fourth-order valence-electron chi connectivity index (χ4n) is 4.19. The second-order valence-corrected chi connectivity index (χ2v) is 7.52. The van der Waals surface area contributed by atoms with Gasteiger partial charge in [-0.25, -0.2) is 4.79 Å². The monoisotopic (exact) mass is 384 g/mol. The molecule has 3 aromatic carbocycles. The van der Waals surface area contributed by atoms with Crippen LogP contribution >= 0.6 is 11.6 Å². The normalized spacial score (nSPS) is 15.9. The smallest absolute Gasteiger partial charge is 0.336 e. The summed E-state index contributed by atoms with van der Waals surface area (Å²) in [6.45, 7) is 2.06. The lowest BCUT2D eigenvalue weighted by Gasteiger charge is -2.19. The van der Waals surface area contributed by atoms with Crippen LogP contribution in [0.4, 0.5) is 0 Å². The van der Waals surface area contributed by atoms with Crippen LogP contribution in [0.25, 0.3) is 21.6 Å². The van der Waals surface area contributed by atoms with E-state index in [1.807, 2.05) is 42.5 Å². The minimum Gasteiger partial charge on any atom is -0.422 e. The molecule has 1 atom stereocenters. The molecule has 1 aromatic heterocycles. The van der Waals surface area contributed by atoms with E-state index in [2.05, 4.69) is 37.3 Å². The van der Waals surface area contributed by atoms with E-state index < -0.39 is 0 Å². The summed E-state index contributed by atoms with van der Waals surface area (Å²) >= 11 is 6.90. The van der Waals surface area contributed by atoms with Gasteiger partial charge in [0.2, 0.25) is 0 Å². The summed E-state index contributed by atoms with van der Waals surface area (Å²) in [6.07, 6.45) is 0. The molecule has 0 bridgehead atoms. The van der Waals surface area contributed by atoms with Crippen molar-refractivity contribution in [1.82, 2.24) is 0 Å². The summed E-state index contributed by atoms with van der Waals surface area (Å²) in [7, 11) is 0. The summed E-state index contributed by atoms with van der Waals surface area (Å²) in [6, 6.07) is 25.8. The maximum atomic E-state index is 12.0. The van der Waals surface area contributed by atoms with Gasteiger partial charge in [0.05, 0.1) is 5.03 Å². The highest BCUT2D eigenvalue weighted by Crippen LogP contribution is 2.52. The van der Waals surface area contributed by atoms with E-state index >= 15 is 0 Å². The van der Waals surface area contributed by atoms with Gasteiger partial charge in [-0.15, -0.1) is 0 Å². The molecule has 1 aliphatic carbocycles. The Kier molecular flexibility index (Phi) is 3.96. The molecule has 0 saturated carbocycles. The molecule has 1 aliphatic rings. The summed E-state index contributed by atoms with van der Waals surface area (Å²) in [5.74, 6) is -0.0981. The average Bonchev–Trinajstić information content (AvgIpc) is 3.01. The van der Waals surface area contributed by atoms with Gasteiger partial charge in [-0.3, -0.25) is 0 Å². The lowest BCUT2D eigenvalue weighted by atomic mass is 9.84. The molecule has 28 heavy (non-hydrogen) atoms. The van der Waals surface area contributed by atoms with Crippen LogP contribution < -0.4 is 5.63 Å². The Morgan fingerprint density at radius 3 is 2.43 bits per heavy atom. The van der Waals surface area contributed by atoms with Crippen LogP contribution in [0, 0.1) is 6.92 Å². The van der Waals surface area contributed by atoms with Gasteiger partial charge < -0.3 is 4.42 Å². The second-order valence-electron chi connectivity index (χ2n) is 7.14. The molecule has 136 valence electrons. The predicted octanol–water partition coefficient (Wildman–Crippen LogP) is 6.35. The van der Waals surface area contributed by atoms with Gasteiger partial charge in [0.15, 0.2) is 0 Å². The van der Waals surface area contributed by atoms with Crippen molar-refractivity contribution in [3.63, 3.8) is 0 Å². The Balaban J connectivity index is 1.87. The molecule has 0 saturated heterocycles. The van der Waals surface area contributed by atoms with Crippen LogP contribution in [0.3, 0.4) is 0 Å². The molecule has 1 unspecified atom stereocenters. The van der Waals surface area contributed by atoms with Crippen molar-refractivity contribution in [3.05, 3.63) is 117 Å². The molecule has 0 amide bonds. The zero-order valence-corrected chi connectivity index (χ0v) is 16.0. The number of halogens is 1. The first-order valence-corrected chi connectivity index (χ1v) is 9.60. The second kappa shape index (κ2) is 6.50. The average molecular weight is 385 g/mol. The fourth-order valence-corrected chi connectivity index (χ4v) is 4.58. The Morgan fingerprint density at radius 2 is 1.61 bits per heavy atom. The Hall–Kier alpha value is -3.10. The lowest BCUT2D eigenvalue weighted by Crippen LogP contribution is -2.05. The van der Waals surface area contributed by atoms with Gasteiger partial charge in [-0.2, -0.15) is 0 Å². The summed E-state index contributed by atoms with van der Waals surface area (Å²) in [5, 5.41) is 1.67. The Bertz CT molecular complexity index is 1300. The van der Waals surface area contributed by atoms with E-state index in [0.717, 1.165) is 43.8 Å². The molecule has 1 heterocycles. The van der Waals surface area contributed by atoms with Crippen molar-refractivity contribution in [1.29, 1.82) is 0 Å². The van der Waals surface area contributed by atoms with Gasteiger partial charge in [-0.05, 0) is 46.9 Å². The third-order valence-electron chi connectivity index (χ3n) is 5.32. The SMILES string of the molecule is Cc1cc(C2C(c3ccccc3)=C(Cl)c3ccccc32)c2oc(=O)ccc2c1. The number of fused-ring (bicyclic) bond motifs is 2. The van der Waals surface area contributed by atoms with Crippen molar-refractivity contribution in [2.75, 3.05) is 0 Å². The van der Waals surface area contributed by atoms with Gasteiger partial charge in [0.1, 0.15) is 5.58 Å². The molecule has 4 aromatic rings. The van der Waals surface area contributed by atoms with E-state index in [9.17, 15) is 4.79 Å². The predicted molar refractivity (Wildman–Crippen MR) is 115 cm³/mol. The molecule has 0 N–H and O–H groups in total. The molecular formula is C25H17ClO2. The summed E-state index contributed by atoms with van der Waals surface area (Å²) in [4.78, 5) is 12.0. The van der Waals surface area contributed by atoms with Gasteiger partial charge >= 0.3 is 5.63 Å². The lowest BCUT2D eigenvalue weighted by molar-refractivity contribution is 0.556. The number of rotatable bonds is 2. The quantitative estimate of drug-likeness (QED) is 0.377. The molecule has 0 aliphatic heterocycles. The number of hydrogen-bond donors (Lipinski definition) is 0. The maximum absolute atomic E-state index is 12.0. The summed E-state index contributed by atoms with van der Waals surface area (Å²) in [5.41, 5.74) is 6.63. The first kappa shape index (κ1) is 17.0. The first-order valence-electron chi connectivity index (χ1n) is 9.22. The molecular weight excluding hydrogens is 368 g/mol. The van der Waals surface area contributed by atoms with E-state index in [1.54, 1.807) is 0 Å². The van der Waals surface area contributed by atoms with Crippen LogP contribution in [0.1, 0.15) is 33.7 Å². The van der Waals surface area contributed by atoms with Crippen LogP contribution in [0.5, 0.6) is 0 Å². The van der Waals surface area contributed by atoms with Gasteiger partial charge in [-0.1, -0.05) is 72.3 Å². The van der Waals surface area contributed by atoms with Crippen LogP contribution in [0.2, 0.25) is 0 Å². The highest BCUT2D eigenvalue weighted by molar-refractivity contribution is 6.54. The molecule has 5 rings (SSSR count). The van der Waals surface area contributed by atoms with Gasteiger partial charge in [0.25, 0.3) is 0 Å². The molecule has 3 heteroatoms. The third kappa shape index (κ3) is 2.61. The van der Waals surface area contributed by atoms with Crippen molar-refractivity contribution in [2.24, 2.45) is 0 Å². The van der Waals surface area contributed by atoms with Gasteiger partial charge in [0, 0.05) is 22.9 Å². The van der Waals surface area contributed by atoms with E-state index in [-0.39, 0.29) is 11.5 Å². The van der Waals surface area contributed by atoms with E-state index in [4.69, 9.17) is 16.0 Å². The largest absolute Gasteiger partial charge is 0.422 e. The van der Waals surface area contributed by atoms with Crippen LogP contribution in [-0.4, -0.2) is 0 Å². The molecule has 0 fully saturated rings. The third-order valence-corrected chi connectivity index (χ3v) is 5.73. The van der Waals surface area contributed by atoms with E-state index in [0.29, 0.717) is 5.58 Å². The maximum Gasteiger partial charge on any atom is 0.336 e. The zero-order chi connectivity index (χ0) is 19.3. The van der Waals surface area contributed by atoms with Crippen molar-refractivity contribution >= 4 is 33.2 Å². The zero-order valence-electron chi connectivity index (χ0n) is 15.3. The number of allylic oxidation sites excluding steroid dienone is 1. The van der Waals surface area contributed by atoms with Crippen molar-refractivity contribution in [3.8, 4) is 0 Å². The Labute approximate surface area is 167 Å². The van der Waals surface area contributed by atoms with Crippen LogP contribution in [-0.2, 0) is 0 Å². The number of aryl methyl sites for hydroxylation is 1. The minimum absolute atomic E-state index is 0.0981. The number of hydrogen-bond acceptors (Lipinski definition) is 2. The molecule has 2 nitrogen and oxygen atoms in total. The van der Waals surface area contributed by atoms with Crippen molar-refractivity contribution in [2.45, 2.75) is 12.8 Å². The van der Waals surface area contributed by atoms with Crippen molar-refractivity contribution < 1.29 is 4.42 Å². The number of benzene rings is 3. The summed E-state index contributed by atoms with van der Waals surface area (Å²) < 4.78 is 5.67. The highest BCUT2D eigenvalue weighted by Gasteiger charge is 2.34. The molecule has 0 spiro atoms. The highest BCUT2D eigenvalue weighted by atomic mass is 35.5. The Morgan fingerprint density at radius 1 is 0.857 bits per heavy atom. The van der Waals surface area contributed by atoms with Crippen LogP contribution in [0.15, 0.2) is 88.1 Å². The molecule has 0 radical (unpaired) electrons. The minimum atomic E-state index is -0.347. The topological polar surface area (TPSA) is 30.2 Å².